The SMILES string of the molecule is CCCNC(=NCC(C)Oc1cccc(OC)c1)NCC.I. The Bertz CT molecular complexity index is 441. The lowest BCUT2D eigenvalue weighted by Gasteiger charge is -2.15. The molecule has 1 rings (SSSR count). The predicted molar refractivity (Wildman–Crippen MR) is 103 cm³/mol. The van der Waals surface area contributed by atoms with Gasteiger partial charge in [0.2, 0.25) is 0 Å². The highest BCUT2D eigenvalue weighted by atomic mass is 127. The van der Waals surface area contributed by atoms with Crippen LogP contribution in [0, 0.1) is 0 Å². The standard InChI is InChI=1S/C16H27N3O2.HI/c1-5-10-18-16(17-6-2)19-12-13(3)21-15-9-7-8-14(11-15)20-4;/h7-9,11,13H,5-6,10,12H2,1-4H3,(H2,17,18,19);1H. The Balaban J connectivity index is 0.00000441. The van der Waals surface area contributed by atoms with Crippen molar-refractivity contribution in [3.63, 3.8) is 0 Å². The Kier molecular flexibility index (Phi) is 11.7. The lowest BCUT2D eigenvalue weighted by molar-refractivity contribution is 0.229. The highest BCUT2D eigenvalue weighted by Crippen LogP contribution is 2.19. The zero-order valence-electron chi connectivity index (χ0n) is 13.9. The smallest absolute Gasteiger partial charge is 0.191 e. The van der Waals surface area contributed by atoms with E-state index in [2.05, 4.69) is 29.5 Å². The van der Waals surface area contributed by atoms with E-state index in [1.54, 1.807) is 7.11 Å². The first-order valence-corrected chi connectivity index (χ1v) is 7.52. The molecule has 0 aliphatic carbocycles. The Morgan fingerprint density at radius 1 is 1.23 bits per heavy atom. The molecule has 0 radical (unpaired) electrons. The van der Waals surface area contributed by atoms with E-state index in [0.717, 1.165) is 37.0 Å². The average molecular weight is 421 g/mol. The molecule has 2 N–H and O–H groups in total. The minimum Gasteiger partial charge on any atom is -0.497 e. The number of nitrogens with zero attached hydrogens (tertiary/aromatic N) is 1. The van der Waals surface area contributed by atoms with Gasteiger partial charge in [-0.1, -0.05) is 13.0 Å². The van der Waals surface area contributed by atoms with Gasteiger partial charge in [0.05, 0.1) is 13.7 Å². The second-order valence-corrected chi connectivity index (χ2v) is 4.75. The maximum atomic E-state index is 5.85. The molecular weight excluding hydrogens is 393 g/mol. The summed E-state index contributed by atoms with van der Waals surface area (Å²) in [5.41, 5.74) is 0. The molecule has 0 spiro atoms. The number of halogens is 1. The third-order valence-corrected chi connectivity index (χ3v) is 2.77. The number of guanidine groups is 1. The fraction of sp³-hybridized carbons (Fsp3) is 0.562. The zero-order chi connectivity index (χ0) is 15.5. The van der Waals surface area contributed by atoms with Gasteiger partial charge in [-0.25, -0.2) is 4.99 Å². The molecule has 0 aliphatic heterocycles. The summed E-state index contributed by atoms with van der Waals surface area (Å²) in [6.07, 6.45) is 1.06. The van der Waals surface area contributed by atoms with Crippen molar-refractivity contribution in [2.24, 2.45) is 4.99 Å². The van der Waals surface area contributed by atoms with Crippen molar-refractivity contribution in [3.8, 4) is 11.5 Å². The Hall–Kier alpha value is -1.18. The molecule has 6 heteroatoms. The first-order valence-electron chi connectivity index (χ1n) is 7.52. The second-order valence-electron chi connectivity index (χ2n) is 4.75. The molecule has 0 aromatic heterocycles. The molecule has 1 atom stereocenters. The summed E-state index contributed by atoms with van der Waals surface area (Å²) in [5, 5.41) is 6.49. The topological polar surface area (TPSA) is 54.9 Å². The normalized spacial score (nSPS) is 12.1. The Morgan fingerprint density at radius 2 is 1.95 bits per heavy atom. The summed E-state index contributed by atoms with van der Waals surface area (Å²) in [5.74, 6) is 2.42. The van der Waals surface area contributed by atoms with Gasteiger partial charge < -0.3 is 20.1 Å². The molecule has 5 nitrogen and oxygen atoms in total. The summed E-state index contributed by atoms with van der Waals surface area (Å²) < 4.78 is 11.0. The molecule has 1 unspecified atom stereocenters. The predicted octanol–water partition coefficient (Wildman–Crippen LogP) is 3.05. The summed E-state index contributed by atoms with van der Waals surface area (Å²) >= 11 is 0. The van der Waals surface area contributed by atoms with Gasteiger partial charge in [0, 0.05) is 19.2 Å². The van der Waals surface area contributed by atoms with Gasteiger partial charge in [-0.2, -0.15) is 0 Å². The van der Waals surface area contributed by atoms with E-state index >= 15 is 0 Å². The summed E-state index contributed by atoms with van der Waals surface area (Å²) in [4.78, 5) is 4.53. The summed E-state index contributed by atoms with van der Waals surface area (Å²) in [6, 6.07) is 7.61. The molecule has 0 saturated carbocycles. The van der Waals surface area contributed by atoms with Crippen LogP contribution >= 0.6 is 24.0 Å². The van der Waals surface area contributed by atoms with E-state index in [1.807, 2.05) is 31.2 Å². The zero-order valence-corrected chi connectivity index (χ0v) is 16.2. The van der Waals surface area contributed by atoms with Gasteiger partial charge in [0.25, 0.3) is 0 Å². The van der Waals surface area contributed by atoms with E-state index in [0.29, 0.717) is 6.54 Å². The number of nitrogens with one attached hydrogen (secondary N) is 2. The van der Waals surface area contributed by atoms with Crippen LogP contribution in [-0.2, 0) is 0 Å². The third kappa shape index (κ3) is 8.31. The van der Waals surface area contributed by atoms with Gasteiger partial charge in [0.15, 0.2) is 5.96 Å². The van der Waals surface area contributed by atoms with Crippen LogP contribution in [-0.4, -0.2) is 38.8 Å². The fourth-order valence-electron chi connectivity index (χ4n) is 1.75. The van der Waals surface area contributed by atoms with Crippen LogP contribution in [0.5, 0.6) is 11.5 Å². The molecule has 1 aromatic rings. The number of methoxy groups -OCH3 is 1. The molecule has 0 amide bonds. The molecule has 22 heavy (non-hydrogen) atoms. The molecule has 1 aromatic carbocycles. The van der Waals surface area contributed by atoms with E-state index in [-0.39, 0.29) is 30.1 Å². The van der Waals surface area contributed by atoms with Crippen molar-refractivity contribution in [3.05, 3.63) is 24.3 Å². The number of benzene rings is 1. The number of ether oxygens (including phenoxy) is 2. The van der Waals surface area contributed by atoms with Crippen molar-refractivity contribution in [1.82, 2.24) is 10.6 Å². The Labute approximate surface area is 150 Å². The molecule has 0 saturated heterocycles. The van der Waals surface area contributed by atoms with Crippen molar-refractivity contribution in [1.29, 1.82) is 0 Å². The van der Waals surface area contributed by atoms with Crippen LogP contribution in [0.2, 0.25) is 0 Å². The maximum absolute atomic E-state index is 5.85. The van der Waals surface area contributed by atoms with E-state index in [9.17, 15) is 0 Å². The number of hydrogen-bond acceptors (Lipinski definition) is 3. The molecule has 0 aliphatic rings. The van der Waals surface area contributed by atoms with Gasteiger partial charge in [0.1, 0.15) is 17.6 Å². The number of rotatable bonds is 8. The lowest BCUT2D eigenvalue weighted by Crippen LogP contribution is -2.38. The van der Waals surface area contributed by atoms with Crippen LogP contribution in [0.3, 0.4) is 0 Å². The fourth-order valence-corrected chi connectivity index (χ4v) is 1.75. The quantitative estimate of drug-likeness (QED) is 0.385. The number of aliphatic imine (C=N–C) groups is 1. The minimum absolute atomic E-state index is 0. The average Bonchev–Trinajstić information content (AvgIpc) is 2.50. The van der Waals surface area contributed by atoms with Crippen LogP contribution in [0.25, 0.3) is 0 Å². The van der Waals surface area contributed by atoms with Gasteiger partial charge in [-0.3, -0.25) is 0 Å². The highest BCUT2D eigenvalue weighted by molar-refractivity contribution is 14.0. The van der Waals surface area contributed by atoms with Crippen molar-refractivity contribution in [2.45, 2.75) is 33.3 Å². The lowest BCUT2D eigenvalue weighted by atomic mass is 10.3. The molecule has 0 heterocycles. The monoisotopic (exact) mass is 421 g/mol. The molecule has 0 bridgehead atoms. The van der Waals surface area contributed by atoms with Gasteiger partial charge >= 0.3 is 0 Å². The van der Waals surface area contributed by atoms with E-state index in [4.69, 9.17) is 9.47 Å². The third-order valence-electron chi connectivity index (χ3n) is 2.77. The number of hydrogen-bond donors (Lipinski definition) is 2. The largest absolute Gasteiger partial charge is 0.497 e. The first-order chi connectivity index (χ1) is 10.2. The molecule has 126 valence electrons. The highest BCUT2D eigenvalue weighted by Gasteiger charge is 2.05. The van der Waals surface area contributed by atoms with Crippen LogP contribution < -0.4 is 20.1 Å². The van der Waals surface area contributed by atoms with Gasteiger partial charge in [-0.15, -0.1) is 24.0 Å². The van der Waals surface area contributed by atoms with E-state index in [1.165, 1.54) is 0 Å². The first kappa shape index (κ1) is 20.8. The second kappa shape index (κ2) is 12.4. The van der Waals surface area contributed by atoms with Crippen LogP contribution in [0.15, 0.2) is 29.3 Å². The van der Waals surface area contributed by atoms with Crippen LogP contribution in [0.4, 0.5) is 0 Å². The molecular formula is C16H28IN3O2. The van der Waals surface area contributed by atoms with Crippen LogP contribution in [0.1, 0.15) is 27.2 Å². The van der Waals surface area contributed by atoms with Gasteiger partial charge in [-0.05, 0) is 32.4 Å². The maximum Gasteiger partial charge on any atom is 0.191 e. The van der Waals surface area contributed by atoms with Crippen molar-refractivity contribution >= 4 is 29.9 Å². The summed E-state index contributed by atoms with van der Waals surface area (Å²) in [7, 11) is 1.65. The van der Waals surface area contributed by atoms with Crippen molar-refractivity contribution < 1.29 is 9.47 Å². The van der Waals surface area contributed by atoms with Crippen molar-refractivity contribution in [2.75, 3.05) is 26.7 Å². The van der Waals surface area contributed by atoms with E-state index < -0.39 is 0 Å². The minimum atomic E-state index is -0.00538. The molecule has 0 fully saturated rings. The Morgan fingerprint density at radius 3 is 2.59 bits per heavy atom. The summed E-state index contributed by atoms with van der Waals surface area (Å²) in [6.45, 7) is 8.55.